The van der Waals surface area contributed by atoms with Gasteiger partial charge >= 0.3 is 0 Å². The molecule has 2 heteroatoms. The molecule has 0 amide bonds. The maximum atomic E-state index is 4.12. The van der Waals surface area contributed by atoms with Crippen LogP contribution in [0.1, 0.15) is 0 Å². The summed E-state index contributed by atoms with van der Waals surface area (Å²) in [6.07, 6.45) is 0. The lowest BCUT2D eigenvalue weighted by atomic mass is 10.0. The molecule has 1 rings (SSSR count). The molecule has 1 heterocycles. The van der Waals surface area contributed by atoms with Gasteiger partial charge in [-0.1, -0.05) is 0 Å². The summed E-state index contributed by atoms with van der Waals surface area (Å²) < 4.78 is 0. The van der Waals surface area contributed by atoms with E-state index < -0.39 is 0 Å². The Balaban J connectivity index is 2.01. The number of rotatable bonds is 2. The summed E-state index contributed by atoms with van der Waals surface area (Å²) in [7, 11) is 4.22. The molecule has 2 nitrogen and oxygen atoms in total. The number of hydrogen-bond donors (Lipinski definition) is 0. The molecular formula is C6H13N2. The molecule has 1 aliphatic rings. The number of nitrogens with zero attached hydrogens (tertiary/aromatic N) is 2. The minimum Gasteiger partial charge on any atom is -0.309 e. The van der Waals surface area contributed by atoms with Crippen molar-refractivity contribution in [3.05, 3.63) is 0 Å². The van der Waals surface area contributed by atoms with E-state index in [4.69, 9.17) is 0 Å². The van der Waals surface area contributed by atoms with Gasteiger partial charge in [0.05, 0.1) is 0 Å². The van der Waals surface area contributed by atoms with Crippen molar-refractivity contribution in [3.63, 3.8) is 0 Å². The van der Waals surface area contributed by atoms with Gasteiger partial charge in [0, 0.05) is 19.6 Å². The van der Waals surface area contributed by atoms with E-state index in [0.717, 1.165) is 19.0 Å². The highest BCUT2D eigenvalue weighted by Gasteiger charge is 2.17. The van der Waals surface area contributed by atoms with E-state index in [2.05, 4.69) is 24.3 Å². The SMILES string of the molecule is CN(C)CC1C[N]C1. The van der Waals surface area contributed by atoms with Crippen molar-refractivity contribution in [1.29, 1.82) is 0 Å². The average molecular weight is 113 g/mol. The first-order valence-corrected chi connectivity index (χ1v) is 3.07. The second kappa shape index (κ2) is 2.46. The molecule has 8 heavy (non-hydrogen) atoms. The van der Waals surface area contributed by atoms with Crippen LogP contribution in [0.5, 0.6) is 0 Å². The monoisotopic (exact) mass is 113 g/mol. The van der Waals surface area contributed by atoms with Crippen molar-refractivity contribution in [2.75, 3.05) is 33.7 Å². The Hall–Kier alpha value is -0.0800. The molecule has 0 bridgehead atoms. The Bertz CT molecular complexity index is 66.9. The largest absolute Gasteiger partial charge is 0.309 e. The zero-order chi connectivity index (χ0) is 5.98. The standard InChI is InChI=1S/C6H13N2/c1-8(2)5-6-3-7-4-6/h6H,3-5H2,1-2H3. The van der Waals surface area contributed by atoms with Crippen molar-refractivity contribution < 1.29 is 0 Å². The second-order valence-electron chi connectivity index (χ2n) is 2.72. The van der Waals surface area contributed by atoms with Gasteiger partial charge in [-0.3, -0.25) is 0 Å². The van der Waals surface area contributed by atoms with Gasteiger partial charge in [-0.25, -0.2) is 5.32 Å². The molecule has 0 unspecified atom stereocenters. The van der Waals surface area contributed by atoms with E-state index in [0.29, 0.717) is 0 Å². The molecule has 1 saturated heterocycles. The first kappa shape index (κ1) is 6.05. The van der Waals surface area contributed by atoms with Crippen molar-refractivity contribution >= 4 is 0 Å². The Kier molecular flexibility index (Phi) is 1.86. The summed E-state index contributed by atoms with van der Waals surface area (Å²) in [6.45, 7) is 3.40. The minimum atomic E-state index is 0.866. The Morgan fingerprint density at radius 2 is 2.12 bits per heavy atom. The van der Waals surface area contributed by atoms with Crippen LogP contribution >= 0.6 is 0 Å². The highest BCUT2D eigenvalue weighted by molar-refractivity contribution is 4.75. The fourth-order valence-corrected chi connectivity index (χ4v) is 0.944. The van der Waals surface area contributed by atoms with E-state index in [1.54, 1.807) is 0 Å². The van der Waals surface area contributed by atoms with Gasteiger partial charge in [0.2, 0.25) is 0 Å². The van der Waals surface area contributed by atoms with Crippen LogP contribution in [-0.4, -0.2) is 38.6 Å². The molecule has 0 aromatic carbocycles. The molecule has 0 aromatic heterocycles. The van der Waals surface area contributed by atoms with Crippen LogP contribution in [0.2, 0.25) is 0 Å². The first-order chi connectivity index (χ1) is 3.79. The quantitative estimate of drug-likeness (QED) is 0.484. The Morgan fingerprint density at radius 1 is 1.50 bits per heavy atom. The van der Waals surface area contributed by atoms with Gasteiger partial charge in [0.1, 0.15) is 0 Å². The molecule has 1 aliphatic heterocycles. The molecule has 0 aromatic rings. The van der Waals surface area contributed by atoms with Crippen LogP contribution in [0.25, 0.3) is 0 Å². The Labute approximate surface area is 50.9 Å². The van der Waals surface area contributed by atoms with Crippen molar-refractivity contribution in [1.82, 2.24) is 10.2 Å². The highest BCUT2D eigenvalue weighted by Crippen LogP contribution is 2.04. The van der Waals surface area contributed by atoms with Crippen molar-refractivity contribution in [2.45, 2.75) is 0 Å². The topological polar surface area (TPSA) is 17.3 Å². The lowest BCUT2D eigenvalue weighted by Crippen LogP contribution is -2.42. The normalized spacial score (nSPS) is 21.4. The van der Waals surface area contributed by atoms with Crippen LogP contribution < -0.4 is 5.32 Å². The third-order valence-corrected chi connectivity index (χ3v) is 1.40. The fourth-order valence-electron chi connectivity index (χ4n) is 0.944. The molecular weight excluding hydrogens is 100 g/mol. The lowest BCUT2D eigenvalue weighted by molar-refractivity contribution is 0.248. The molecule has 0 N–H and O–H groups in total. The van der Waals surface area contributed by atoms with Gasteiger partial charge in [-0.15, -0.1) is 0 Å². The van der Waals surface area contributed by atoms with Crippen LogP contribution in [0.4, 0.5) is 0 Å². The first-order valence-electron chi connectivity index (χ1n) is 3.07. The maximum Gasteiger partial charge on any atom is 0.0186 e. The summed E-state index contributed by atoms with van der Waals surface area (Å²) in [4.78, 5) is 2.22. The molecule has 47 valence electrons. The molecule has 0 aliphatic carbocycles. The summed E-state index contributed by atoms with van der Waals surface area (Å²) in [5.74, 6) is 0.866. The van der Waals surface area contributed by atoms with Crippen molar-refractivity contribution in [3.8, 4) is 0 Å². The predicted octanol–water partition coefficient (Wildman–Crippen LogP) is -0.218. The average Bonchev–Trinajstić information content (AvgIpc) is 1.55. The summed E-state index contributed by atoms with van der Waals surface area (Å²) >= 11 is 0. The van der Waals surface area contributed by atoms with Crippen LogP contribution in [0.15, 0.2) is 0 Å². The predicted molar refractivity (Wildman–Crippen MR) is 33.9 cm³/mol. The van der Waals surface area contributed by atoms with Gasteiger partial charge in [-0.05, 0) is 20.0 Å². The summed E-state index contributed by atoms with van der Waals surface area (Å²) in [5.41, 5.74) is 0. The van der Waals surface area contributed by atoms with Crippen LogP contribution in [0, 0.1) is 5.92 Å². The van der Waals surface area contributed by atoms with E-state index >= 15 is 0 Å². The lowest BCUT2D eigenvalue weighted by Gasteiger charge is -2.27. The van der Waals surface area contributed by atoms with Gasteiger partial charge in [0.15, 0.2) is 0 Å². The third-order valence-electron chi connectivity index (χ3n) is 1.40. The zero-order valence-corrected chi connectivity index (χ0v) is 5.59. The van der Waals surface area contributed by atoms with Crippen molar-refractivity contribution in [2.24, 2.45) is 5.92 Å². The smallest absolute Gasteiger partial charge is 0.0186 e. The molecule has 0 atom stereocenters. The van der Waals surface area contributed by atoms with E-state index in [-0.39, 0.29) is 0 Å². The van der Waals surface area contributed by atoms with Gasteiger partial charge in [-0.2, -0.15) is 0 Å². The zero-order valence-electron chi connectivity index (χ0n) is 5.59. The van der Waals surface area contributed by atoms with Gasteiger partial charge in [0.25, 0.3) is 0 Å². The highest BCUT2D eigenvalue weighted by atomic mass is 15.1. The molecule has 1 fully saturated rings. The third kappa shape index (κ3) is 1.46. The van der Waals surface area contributed by atoms with E-state index in [1.165, 1.54) is 6.54 Å². The summed E-state index contributed by atoms with van der Waals surface area (Å²) in [5, 5.41) is 4.12. The molecule has 1 radical (unpaired) electrons. The van der Waals surface area contributed by atoms with Gasteiger partial charge < -0.3 is 4.90 Å². The molecule has 0 spiro atoms. The molecule has 0 saturated carbocycles. The van der Waals surface area contributed by atoms with Crippen LogP contribution in [-0.2, 0) is 0 Å². The Morgan fingerprint density at radius 3 is 2.25 bits per heavy atom. The maximum absolute atomic E-state index is 4.12. The van der Waals surface area contributed by atoms with Crippen LogP contribution in [0.3, 0.4) is 0 Å². The second-order valence-corrected chi connectivity index (χ2v) is 2.72. The van der Waals surface area contributed by atoms with E-state index in [1.807, 2.05) is 0 Å². The minimum absolute atomic E-state index is 0.866. The number of hydrogen-bond acceptors (Lipinski definition) is 1. The van der Waals surface area contributed by atoms with E-state index in [9.17, 15) is 0 Å². The summed E-state index contributed by atoms with van der Waals surface area (Å²) in [6, 6.07) is 0. The fraction of sp³-hybridized carbons (Fsp3) is 1.00.